The third-order valence-corrected chi connectivity index (χ3v) is 4.47. The topological polar surface area (TPSA) is 67.5 Å². The molecule has 0 radical (unpaired) electrons. The maximum absolute atomic E-state index is 11.3. The number of carboxylic acids is 1. The molecular formula is C19H11Cl2N3O2. The van der Waals surface area contributed by atoms with E-state index in [1.165, 1.54) is 10.6 Å². The number of benzene rings is 2. The summed E-state index contributed by atoms with van der Waals surface area (Å²) in [6.07, 6.45) is 0. The van der Waals surface area contributed by atoms with Crippen LogP contribution in [0.3, 0.4) is 0 Å². The van der Waals surface area contributed by atoms with Gasteiger partial charge in [-0.2, -0.15) is 5.10 Å². The highest BCUT2D eigenvalue weighted by molar-refractivity contribution is 6.36. The average molecular weight is 384 g/mol. The van der Waals surface area contributed by atoms with Gasteiger partial charge in [0, 0.05) is 22.2 Å². The summed E-state index contributed by atoms with van der Waals surface area (Å²) in [4.78, 5) is 15.9. The molecule has 0 aliphatic heterocycles. The Morgan fingerprint density at radius 1 is 1.00 bits per heavy atom. The van der Waals surface area contributed by atoms with Crippen molar-refractivity contribution in [3.05, 3.63) is 76.4 Å². The van der Waals surface area contributed by atoms with E-state index in [-0.39, 0.29) is 5.69 Å². The minimum absolute atomic E-state index is 0.0750. The lowest BCUT2D eigenvalue weighted by Crippen LogP contribution is -2.01. The summed E-state index contributed by atoms with van der Waals surface area (Å²) < 4.78 is 1.52. The van der Waals surface area contributed by atoms with Gasteiger partial charge in [0.2, 0.25) is 0 Å². The summed E-state index contributed by atoms with van der Waals surface area (Å²) >= 11 is 12.3. The highest BCUT2D eigenvalue weighted by atomic mass is 35.5. The number of nitrogens with zero attached hydrogens (tertiary/aromatic N) is 3. The molecule has 0 amide bonds. The quantitative estimate of drug-likeness (QED) is 0.536. The van der Waals surface area contributed by atoms with Crippen molar-refractivity contribution in [2.45, 2.75) is 0 Å². The van der Waals surface area contributed by atoms with Crippen LogP contribution in [-0.2, 0) is 0 Å². The number of rotatable bonds is 3. The fourth-order valence-corrected chi connectivity index (χ4v) is 3.23. The third-order valence-electron chi connectivity index (χ3n) is 3.92. The highest BCUT2D eigenvalue weighted by Gasteiger charge is 2.16. The monoisotopic (exact) mass is 383 g/mol. The van der Waals surface area contributed by atoms with Gasteiger partial charge < -0.3 is 5.11 Å². The molecule has 0 saturated carbocycles. The lowest BCUT2D eigenvalue weighted by atomic mass is 10.1. The van der Waals surface area contributed by atoms with E-state index in [2.05, 4.69) is 10.1 Å². The Hall–Kier alpha value is -2.89. The summed E-state index contributed by atoms with van der Waals surface area (Å²) in [5.41, 5.74) is 3.25. The average Bonchev–Trinajstić information content (AvgIpc) is 3.06. The number of carboxylic acid groups (broad SMARTS) is 1. The van der Waals surface area contributed by atoms with Gasteiger partial charge in [-0.05, 0) is 24.3 Å². The molecule has 1 N–H and O–H groups in total. The number of halogens is 2. The number of carbonyl (C=O) groups is 1. The Morgan fingerprint density at radius 2 is 1.77 bits per heavy atom. The van der Waals surface area contributed by atoms with Crippen molar-refractivity contribution in [3.63, 3.8) is 0 Å². The molecular weight excluding hydrogens is 373 g/mol. The first-order chi connectivity index (χ1) is 12.5. The first-order valence-corrected chi connectivity index (χ1v) is 8.43. The Bertz CT molecular complexity index is 1140. The molecule has 7 heteroatoms. The predicted octanol–water partition coefficient (Wildman–Crippen LogP) is 5.07. The molecule has 128 valence electrons. The lowest BCUT2D eigenvalue weighted by molar-refractivity contribution is 0.0690. The molecule has 0 unspecified atom stereocenters. The molecule has 0 saturated heterocycles. The van der Waals surface area contributed by atoms with Crippen molar-refractivity contribution in [1.29, 1.82) is 0 Å². The zero-order chi connectivity index (χ0) is 18.3. The van der Waals surface area contributed by atoms with Gasteiger partial charge in [-0.15, -0.1) is 0 Å². The summed E-state index contributed by atoms with van der Waals surface area (Å²) in [6.45, 7) is 0. The number of aromatic carboxylic acids is 1. The minimum atomic E-state index is -1.11. The van der Waals surface area contributed by atoms with Crippen molar-refractivity contribution in [2.75, 3.05) is 0 Å². The molecule has 0 aliphatic carbocycles. The largest absolute Gasteiger partial charge is 0.476 e. The second-order valence-electron chi connectivity index (χ2n) is 5.62. The Kier molecular flexibility index (Phi) is 4.11. The van der Waals surface area contributed by atoms with Gasteiger partial charge in [0.1, 0.15) is 0 Å². The molecule has 5 nitrogen and oxygen atoms in total. The van der Waals surface area contributed by atoms with Crippen molar-refractivity contribution in [1.82, 2.24) is 14.6 Å². The van der Waals surface area contributed by atoms with Gasteiger partial charge in [-0.3, -0.25) is 0 Å². The van der Waals surface area contributed by atoms with Crippen LogP contribution in [-0.4, -0.2) is 25.7 Å². The fraction of sp³-hybridized carbons (Fsp3) is 0. The van der Waals surface area contributed by atoms with Gasteiger partial charge in [0.25, 0.3) is 0 Å². The molecule has 0 aliphatic rings. The molecule has 0 atom stereocenters. The van der Waals surface area contributed by atoms with Crippen molar-refractivity contribution < 1.29 is 9.90 Å². The lowest BCUT2D eigenvalue weighted by Gasteiger charge is -2.10. The third kappa shape index (κ3) is 2.92. The molecule has 0 spiro atoms. The van der Waals surface area contributed by atoms with E-state index >= 15 is 0 Å². The van der Waals surface area contributed by atoms with Crippen LogP contribution in [0.4, 0.5) is 0 Å². The first-order valence-electron chi connectivity index (χ1n) is 7.68. The van der Waals surface area contributed by atoms with Crippen molar-refractivity contribution in [2.24, 2.45) is 0 Å². The highest BCUT2D eigenvalue weighted by Crippen LogP contribution is 2.32. The maximum Gasteiger partial charge on any atom is 0.356 e. The maximum atomic E-state index is 11.3. The van der Waals surface area contributed by atoms with E-state index < -0.39 is 5.97 Å². The molecule has 4 rings (SSSR count). The SMILES string of the molecule is O=C(O)c1cc2nc(-c3ccc(Cl)cc3Cl)cc(-c3ccccc3)n2n1. The zero-order valence-electron chi connectivity index (χ0n) is 13.2. The van der Waals surface area contributed by atoms with E-state index in [4.69, 9.17) is 23.2 Å². The minimum Gasteiger partial charge on any atom is -0.476 e. The van der Waals surface area contributed by atoms with Crippen molar-refractivity contribution in [3.8, 4) is 22.5 Å². The van der Waals surface area contributed by atoms with Gasteiger partial charge in [-0.1, -0.05) is 53.5 Å². The molecule has 26 heavy (non-hydrogen) atoms. The Balaban J connectivity index is 2.02. The molecule has 0 bridgehead atoms. The first kappa shape index (κ1) is 16.6. The fourth-order valence-electron chi connectivity index (χ4n) is 2.73. The molecule has 2 heterocycles. The van der Waals surface area contributed by atoms with Gasteiger partial charge >= 0.3 is 5.97 Å². The van der Waals surface area contributed by atoms with Crippen LogP contribution >= 0.6 is 23.2 Å². The number of hydrogen-bond donors (Lipinski definition) is 1. The number of aromatic nitrogens is 3. The molecule has 2 aromatic carbocycles. The second-order valence-corrected chi connectivity index (χ2v) is 6.47. The predicted molar refractivity (Wildman–Crippen MR) is 101 cm³/mol. The second kappa shape index (κ2) is 6.44. The van der Waals surface area contributed by atoms with Crippen LogP contribution in [0.1, 0.15) is 10.5 Å². The van der Waals surface area contributed by atoms with Gasteiger partial charge in [0.15, 0.2) is 11.3 Å². The summed E-state index contributed by atoms with van der Waals surface area (Å²) in [6, 6.07) is 18.0. The summed E-state index contributed by atoms with van der Waals surface area (Å²) in [5.74, 6) is -1.11. The van der Waals surface area contributed by atoms with Gasteiger partial charge in [-0.25, -0.2) is 14.3 Å². The standard InChI is InChI=1S/C19H11Cl2N3O2/c20-12-6-7-13(14(21)8-12)15-9-17(11-4-2-1-3-5-11)24-18(22-15)10-16(23-24)19(25)26/h1-10H,(H,25,26). The smallest absolute Gasteiger partial charge is 0.356 e. The van der Waals surface area contributed by atoms with E-state index in [9.17, 15) is 9.90 Å². The van der Waals surface area contributed by atoms with Crippen LogP contribution in [0.2, 0.25) is 10.0 Å². The summed E-state index contributed by atoms with van der Waals surface area (Å²) in [5, 5.41) is 14.4. The van der Waals surface area contributed by atoms with E-state index in [0.717, 1.165) is 5.56 Å². The van der Waals surface area contributed by atoms with Gasteiger partial charge in [0.05, 0.1) is 16.4 Å². The van der Waals surface area contributed by atoms with Crippen molar-refractivity contribution >= 4 is 34.8 Å². The van der Waals surface area contributed by atoms with Crippen LogP contribution in [0.5, 0.6) is 0 Å². The Labute approximate surface area is 158 Å². The van der Waals surface area contributed by atoms with E-state index in [0.29, 0.717) is 32.6 Å². The van der Waals surface area contributed by atoms with Crippen LogP contribution in [0, 0.1) is 0 Å². The van der Waals surface area contributed by atoms with E-state index in [1.807, 2.05) is 36.4 Å². The molecule has 4 aromatic rings. The van der Waals surface area contributed by atoms with Crippen LogP contribution < -0.4 is 0 Å². The molecule has 2 aromatic heterocycles. The van der Waals surface area contributed by atoms with E-state index in [1.54, 1.807) is 18.2 Å². The van der Waals surface area contributed by atoms with Crippen LogP contribution in [0.25, 0.3) is 28.2 Å². The number of fused-ring (bicyclic) bond motifs is 1. The van der Waals surface area contributed by atoms with Crippen LogP contribution in [0.15, 0.2) is 60.7 Å². The molecule has 0 fully saturated rings. The number of hydrogen-bond acceptors (Lipinski definition) is 3. The Morgan fingerprint density at radius 3 is 2.46 bits per heavy atom. The normalized spacial score (nSPS) is 11.0. The zero-order valence-corrected chi connectivity index (χ0v) is 14.7. The summed E-state index contributed by atoms with van der Waals surface area (Å²) in [7, 11) is 0.